The molecule has 1 saturated carbocycles. The molecule has 1 heterocycles. The summed E-state index contributed by atoms with van der Waals surface area (Å²) in [5, 5.41) is 11.9. The topological polar surface area (TPSA) is 79.3 Å². The fourth-order valence-corrected chi connectivity index (χ4v) is 2.46. The summed E-state index contributed by atoms with van der Waals surface area (Å²) in [5.41, 5.74) is 0.245. The number of hydrogen-bond donors (Lipinski definition) is 2. The lowest BCUT2D eigenvalue weighted by Gasteiger charge is -2.29. The van der Waals surface area contributed by atoms with Crippen molar-refractivity contribution in [3.63, 3.8) is 0 Å². The zero-order chi connectivity index (χ0) is 13.8. The Balaban J connectivity index is 2.07. The number of carboxylic acid groups (broad SMARTS) is 1. The van der Waals surface area contributed by atoms with Crippen molar-refractivity contribution in [1.82, 2.24) is 10.3 Å². The van der Waals surface area contributed by atoms with Gasteiger partial charge in [-0.3, -0.25) is 9.78 Å². The van der Waals surface area contributed by atoms with Crippen LogP contribution in [0.3, 0.4) is 0 Å². The van der Waals surface area contributed by atoms with Gasteiger partial charge in [-0.05, 0) is 30.9 Å². The zero-order valence-corrected chi connectivity index (χ0v) is 10.9. The molecule has 19 heavy (non-hydrogen) atoms. The van der Waals surface area contributed by atoms with Gasteiger partial charge in [-0.25, -0.2) is 4.79 Å². The van der Waals surface area contributed by atoms with Crippen molar-refractivity contribution in [2.24, 2.45) is 5.92 Å². The second kappa shape index (κ2) is 5.82. The average molecular weight is 262 g/mol. The number of aromatic carboxylic acids is 1. The predicted molar refractivity (Wildman–Crippen MR) is 70.1 cm³/mol. The van der Waals surface area contributed by atoms with Gasteiger partial charge in [0.1, 0.15) is 5.69 Å². The maximum absolute atomic E-state index is 12.1. The first kappa shape index (κ1) is 13.5. The summed E-state index contributed by atoms with van der Waals surface area (Å²) in [7, 11) is 0. The van der Waals surface area contributed by atoms with Crippen LogP contribution in [-0.4, -0.2) is 28.0 Å². The van der Waals surface area contributed by atoms with Gasteiger partial charge in [0.2, 0.25) is 0 Å². The fourth-order valence-electron chi connectivity index (χ4n) is 2.46. The molecule has 2 rings (SSSR count). The van der Waals surface area contributed by atoms with Crippen LogP contribution in [-0.2, 0) is 0 Å². The smallest absolute Gasteiger partial charge is 0.335 e. The van der Waals surface area contributed by atoms with Crippen LogP contribution in [0.5, 0.6) is 0 Å². The lowest BCUT2D eigenvalue weighted by Crippen LogP contribution is -2.41. The number of nitrogens with zero attached hydrogens (tertiary/aromatic N) is 1. The molecule has 5 nitrogen and oxygen atoms in total. The first-order valence-electron chi connectivity index (χ1n) is 6.58. The third-order valence-electron chi connectivity index (χ3n) is 3.67. The molecule has 0 bridgehead atoms. The van der Waals surface area contributed by atoms with E-state index in [9.17, 15) is 9.59 Å². The number of aromatic nitrogens is 1. The lowest BCUT2D eigenvalue weighted by atomic mass is 9.86. The second-order valence-corrected chi connectivity index (χ2v) is 5.08. The minimum atomic E-state index is -1.05. The first-order valence-corrected chi connectivity index (χ1v) is 6.58. The van der Waals surface area contributed by atoms with Gasteiger partial charge in [0, 0.05) is 12.2 Å². The van der Waals surface area contributed by atoms with Crippen LogP contribution in [0.1, 0.15) is 53.5 Å². The summed E-state index contributed by atoms with van der Waals surface area (Å²) in [5.74, 6) is -0.885. The van der Waals surface area contributed by atoms with Gasteiger partial charge in [-0.2, -0.15) is 0 Å². The molecule has 1 amide bonds. The van der Waals surface area contributed by atoms with Crippen molar-refractivity contribution < 1.29 is 14.7 Å². The normalized spacial score (nSPS) is 22.8. The van der Waals surface area contributed by atoms with Crippen molar-refractivity contribution >= 4 is 11.9 Å². The van der Waals surface area contributed by atoms with E-state index in [2.05, 4.69) is 17.2 Å². The maximum atomic E-state index is 12.1. The Kier molecular flexibility index (Phi) is 4.14. The van der Waals surface area contributed by atoms with Crippen molar-refractivity contribution in [2.75, 3.05) is 0 Å². The summed E-state index contributed by atoms with van der Waals surface area (Å²) >= 11 is 0. The standard InChI is InChI=1S/C14H18N2O3/c1-9-4-2-3-5-11(9)16-13(17)12-8-10(14(18)19)6-7-15-12/h6-9,11H,2-5H2,1H3,(H,16,17)(H,18,19). The highest BCUT2D eigenvalue weighted by Crippen LogP contribution is 2.23. The van der Waals surface area contributed by atoms with Gasteiger partial charge >= 0.3 is 5.97 Å². The molecule has 1 aromatic rings. The summed E-state index contributed by atoms with van der Waals surface area (Å²) < 4.78 is 0. The highest BCUT2D eigenvalue weighted by Gasteiger charge is 2.23. The van der Waals surface area contributed by atoms with Crippen LogP contribution in [0.25, 0.3) is 0 Å². The number of amides is 1. The number of pyridine rings is 1. The van der Waals surface area contributed by atoms with Gasteiger partial charge < -0.3 is 10.4 Å². The summed E-state index contributed by atoms with van der Waals surface area (Å²) in [4.78, 5) is 26.9. The van der Waals surface area contributed by atoms with Gasteiger partial charge in [-0.15, -0.1) is 0 Å². The number of carbonyl (C=O) groups is 2. The summed E-state index contributed by atoms with van der Waals surface area (Å²) in [6.45, 7) is 2.13. The van der Waals surface area contributed by atoms with Crippen LogP contribution in [0.2, 0.25) is 0 Å². The number of carbonyl (C=O) groups excluding carboxylic acids is 1. The molecule has 1 fully saturated rings. The van der Waals surface area contributed by atoms with Crippen molar-refractivity contribution in [3.8, 4) is 0 Å². The Hall–Kier alpha value is -1.91. The Morgan fingerprint density at radius 1 is 1.37 bits per heavy atom. The van der Waals surface area contributed by atoms with Crippen LogP contribution in [0.4, 0.5) is 0 Å². The zero-order valence-electron chi connectivity index (χ0n) is 10.9. The molecule has 0 aromatic carbocycles. The number of carboxylic acids is 1. The van der Waals surface area contributed by atoms with E-state index in [4.69, 9.17) is 5.11 Å². The molecule has 2 unspecified atom stereocenters. The van der Waals surface area contributed by atoms with Gasteiger partial charge in [0.15, 0.2) is 0 Å². The molecule has 2 N–H and O–H groups in total. The van der Waals surface area contributed by atoms with E-state index in [-0.39, 0.29) is 23.2 Å². The molecular weight excluding hydrogens is 244 g/mol. The van der Waals surface area contributed by atoms with Crippen LogP contribution >= 0.6 is 0 Å². The van der Waals surface area contributed by atoms with Crippen molar-refractivity contribution in [2.45, 2.75) is 38.6 Å². The maximum Gasteiger partial charge on any atom is 0.335 e. The van der Waals surface area contributed by atoms with Gasteiger partial charge in [0.05, 0.1) is 5.56 Å². The number of hydrogen-bond acceptors (Lipinski definition) is 3. The Morgan fingerprint density at radius 2 is 2.11 bits per heavy atom. The van der Waals surface area contributed by atoms with E-state index in [1.165, 1.54) is 24.8 Å². The van der Waals surface area contributed by atoms with E-state index in [0.717, 1.165) is 19.3 Å². The quantitative estimate of drug-likeness (QED) is 0.874. The lowest BCUT2D eigenvalue weighted by molar-refractivity contribution is 0.0696. The van der Waals surface area contributed by atoms with E-state index in [1.54, 1.807) is 0 Å². The third-order valence-corrected chi connectivity index (χ3v) is 3.67. The SMILES string of the molecule is CC1CCCCC1NC(=O)c1cc(C(=O)O)ccn1. The molecule has 0 saturated heterocycles. The summed E-state index contributed by atoms with van der Waals surface area (Å²) in [6, 6.07) is 2.85. The van der Waals surface area contributed by atoms with Crippen molar-refractivity contribution in [1.29, 1.82) is 0 Å². The van der Waals surface area contributed by atoms with E-state index in [1.807, 2.05) is 0 Å². The molecule has 5 heteroatoms. The molecule has 102 valence electrons. The van der Waals surface area contributed by atoms with E-state index >= 15 is 0 Å². The minimum absolute atomic E-state index is 0.0804. The highest BCUT2D eigenvalue weighted by molar-refractivity contribution is 5.95. The molecule has 1 aromatic heterocycles. The molecular formula is C14H18N2O3. The van der Waals surface area contributed by atoms with Crippen LogP contribution < -0.4 is 5.32 Å². The predicted octanol–water partition coefficient (Wildman–Crippen LogP) is 2.09. The van der Waals surface area contributed by atoms with Gasteiger partial charge in [0.25, 0.3) is 5.91 Å². The summed E-state index contributed by atoms with van der Waals surface area (Å²) in [6.07, 6.45) is 5.78. The molecule has 1 aliphatic rings. The van der Waals surface area contributed by atoms with Crippen LogP contribution in [0, 0.1) is 5.92 Å². The third kappa shape index (κ3) is 3.30. The Bertz CT molecular complexity index is 487. The number of nitrogens with one attached hydrogen (secondary N) is 1. The second-order valence-electron chi connectivity index (χ2n) is 5.08. The molecule has 0 radical (unpaired) electrons. The Morgan fingerprint density at radius 3 is 2.79 bits per heavy atom. The average Bonchev–Trinajstić information content (AvgIpc) is 2.41. The van der Waals surface area contributed by atoms with Crippen LogP contribution in [0.15, 0.2) is 18.3 Å². The van der Waals surface area contributed by atoms with E-state index < -0.39 is 5.97 Å². The highest BCUT2D eigenvalue weighted by atomic mass is 16.4. The molecule has 1 aliphatic carbocycles. The van der Waals surface area contributed by atoms with Gasteiger partial charge in [-0.1, -0.05) is 19.8 Å². The molecule has 2 atom stereocenters. The van der Waals surface area contributed by atoms with E-state index in [0.29, 0.717) is 5.92 Å². The molecule has 0 spiro atoms. The first-order chi connectivity index (χ1) is 9.08. The minimum Gasteiger partial charge on any atom is -0.478 e. The fraction of sp³-hybridized carbons (Fsp3) is 0.500. The Labute approximate surface area is 112 Å². The monoisotopic (exact) mass is 262 g/mol. The largest absolute Gasteiger partial charge is 0.478 e. The molecule has 0 aliphatic heterocycles. The number of rotatable bonds is 3. The van der Waals surface area contributed by atoms with Crippen molar-refractivity contribution in [3.05, 3.63) is 29.6 Å².